The second-order valence-corrected chi connectivity index (χ2v) is 6.04. The Kier molecular flexibility index (Phi) is 4.03. The maximum atomic E-state index is 12.7. The highest BCUT2D eigenvalue weighted by Gasteiger charge is 2.38. The minimum absolute atomic E-state index is 0.0916. The number of hydrogen-bond acceptors (Lipinski definition) is 2. The third-order valence-corrected chi connectivity index (χ3v) is 4.51. The molecule has 1 aromatic rings. The molecule has 1 aromatic carbocycles. The summed E-state index contributed by atoms with van der Waals surface area (Å²) in [6.07, 6.45) is 3.47. The van der Waals surface area contributed by atoms with Crippen LogP contribution in [-0.2, 0) is 0 Å². The average Bonchev–Trinajstić information content (AvgIpc) is 3.26. The van der Waals surface area contributed by atoms with Crippen LogP contribution in [0.15, 0.2) is 24.3 Å². The largest absolute Gasteiger partial charge is 0.326 e. The molecule has 2 unspecified atom stereocenters. The van der Waals surface area contributed by atoms with Gasteiger partial charge in [-0.2, -0.15) is 0 Å². The van der Waals surface area contributed by atoms with Crippen molar-refractivity contribution in [2.75, 3.05) is 6.54 Å². The zero-order valence-electron chi connectivity index (χ0n) is 11.6. The maximum absolute atomic E-state index is 12.7. The second kappa shape index (κ2) is 5.78. The van der Waals surface area contributed by atoms with Gasteiger partial charge in [-0.25, -0.2) is 8.78 Å². The molecule has 0 spiro atoms. The summed E-state index contributed by atoms with van der Waals surface area (Å²) in [4.78, 5) is 2.51. The first-order valence-electron chi connectivity index (χ1n) is 7.56. The molecule has 1 heterocycles. The molecule has 1 saturated heterocycles. The van der Waals surface area contributed by atoms with Crippen molar-refractivity contribution in [3.8, 4) is 0 Å². The Balaban J connectivity index is 1.86. The fourth-order valence-corrected chi connectivity index (χ4v) is 3.31. The lowest BCUT2D eigenvalue weighted by Gasteiger charge is -2.34. The number of benzene rings is 1. The van der Waals surface area contributed by atoms with E-state index in [1.54, 1.807) is 12.1 Å². The van der Waals surface area contributed by atoms with Crippen LogP contribution < -0.4 is 5.73 Å². The Morgan fingerprint density at radius 2 is 1.75 bits per heavy atom. The molecule has 2 nitrogen and oxygen atoms in total. The van der Waals surface area contributed by atoms with Crippen LogP contribution in [0.1, 0.15) is 55.7 Å². The second-order valence-electron chi connectivity index (χ2n) is 6.04. The summed E-state index contributed by atoms with van der Waals surface area (Å²) in [5, 5.41) is 0. The van der Waals surface area contributed by atoms with Crippen LogP contribution in [0, 0.1) is 0 Å². The SMILES string of the molecule is NC1CCCCN(C2CC2)C1c1ccc(C(F)F)cc1. The van der Waals surface area contributed by atoms with Crippen molar-refractivity contribution >= 4 is 0 Å². The van der Waals surface area contributed by atoms with Crippen LogP contribution >= 0.6 is 0 Å². The van der Waals surface area contributed by atoms with E-state index in [0.29, 0.717) is 6.04 Å². The number of alkyl halides is 2. The van der Waals surface area contributed by atoms with Gasteiger partial charge in [-0.1, -0.05) is 30.7 Å². The number of rotatable bonds is 3. The van der Waals surface area contributed by atoms with Crippen LogP contribution in [0.2, 0.25) is 0 Å². The van der Waals surface area contributed by atoms with E-state index in [9.17, 15) is 8.78 Å². The summed E-state index contributed by atoms with van der Waals surface area (Å²) < 4.78 is 25.3. The molecule has 2 N–H and O–H groups in total. The Labute approximate surface area is 118 Å². The van der Waals surface area contributed by atoms with Crippen molar-refractivity contribution in [3.05, 3.63) is 35.4 Å². The van der Waals surface area contributed by atoms with E-state index in [-0.39, 0.29) is 17.6 Å². The van der Waals surface area contributed by atoms with Gasteiger partial charge >= 0.3 is 0 Å². The fraction of sp³-hybridized carbons (Fsp3) is 0.625. The average molecular weight is 280 g/mol. The summed E-state index contributed by atoms with van der Waals surface area (Å²) in [5.41, 5.74) is 7.56. The smallest absolute Gasteiger partial charge is 0.263 e. The molecule has 0 amide bonds. The molecular weight excluding hydrogens is 258 g/mol. The monoisotopic (exact) mass is 280 g/mol. The Hall–Kier alpha value is -1.00. The normalized spacial score (nSPS) is 28.6. The molecule has 2 aliphatic rings. The van der Waals surface area contributed by atoms with Gasteiger partial charge in [0.25, 0.3) is 6.43 Å². The van der Waals surface area contributed by atoms with Crippen molar-refractivity contribution in [1.82, 2.24) is 4.90 Å². The van der Waals surface area contributed by atoms with E-state index in [0.717, 1.165) is 24.9 Å². The Bertz CT molecular complexity index is 442. The summed E-state index contributed by atoms with van der Waals surface area (Å²) in [6.45, 7) is 1.08. The van der Waals surface area contributed by atoms with Gasteiger partial charge in [0, 0.05) is 17.6 Å². The lowest BCUT2D eigenvalue weighted by molar-refractivity contribution is 0.151. The minimum Gasteiger partial charge on any atom is -0.326 e. The lowest BCUT2D eigenvalue weighted by atomic mass is 9.95. The summed E-state index contributed by atoms with van der Waals surface area (Å²) in [5.74, 6) is 0. The first kappa shape index (κ1) is 14.0. The van der Waals surface area contributed by atoms with Crippen LogP contribution in [0.25, 0.3) is 0 Å². The molecule has 110 valence electrons. The van der Waals surface area contributed by atoms with E-state index >= 15 is 0 Å². The topological polar surface area (TPSA) is 29.3 Å². The lowest BCUT2D eigenvalue weighted by Crippen LogP contribution is -2.41. The van der Waals surface area contributed by atoms with Gasteiger partial charge in [-0.05, 0) is 37.8 Å². The van der Waals surface area contributed by atoms with Gasteiger partial charge < -0.3 is 5.73 Å². The van der Waals surface area contributed by atoms with Crippen molar-refractivity contribution in [1.29, 1.82) is 0 Å². The molecule has 1 aliphatic carbocycles. The molecule has 1 aliphatic heterocycles. The molecule has 20 heavy (non-hydrogen) atoms. The molecule has 2 atom stereocenters. The molecule has 1 saturated carbocycles. The standard InChI is InChI=1S/C16H22F2N2/c17-16(18)12-6-4-11(5-7-12)15-14(19)3-1-2-10-20(15)13-8-9-13/h4-7,13-16H,1-3,8-10,19H2. The molecule has 4 heteroatoms. The van der Waals surface area contributed by atoms with Crippen LogP contribution in [0.3, 0.4) is 0 Å². The first-order chi connectivity index (χ1) is 9.66. The third kappa shape index (κ3) is 2.86. The predicted molar refractivity (Wildman–Crippen MR) is 75.7 cm³/mol. The van der Waals surface area contributed by atoms with Gasteiger partial charge in [0.05, 0.1) is 6.04 Å². The number of nitrogens with two attached hydrogens (primary N) is 1. The van der Waals surface area contributed by atoms with Crippen molar-refractivity contribution < 1.29 is 8.78 Å². The maximum Gasteiger partial charge on any atom is 0.263 e. The molecule has 0 bridgehead atoms. The predicted octanol–water partition coefficient (Wildman–Crippen LogP) is 3.64. The summed E-state index contributed by atoms with van der Waals surface area (Å²) >= 11 is 0. The van der Waals surface area contributed by atoms with E-state index in [2.05, 4.69) is 4.90 Å². The van der Waals surface area contributed by atoms with Gasteiger partial charge in [0.15, 0.2) is 0 Å². The number of hydrogen-bond donors (Lipinski definition) is 1. The van der Waals surface area contributed by atoms with Gasteiger partial charge in [-0.15, -0.1) is 0 Å². The Morgan fingerprint density at radius 3 is 2.35 bits per heavy atom. The summed E-state index contributed by atoms with van der Waals surface area (Å²) in [7, 11) is 0. The highest BCUT2D eigenvalue weighted by Crippen LogP contribution is 2.38. The fourth-order valence-electron chi connectivity index (χ4n) is 3.31. The van der Waals surface area contributed by atoms with Crippen molar-refractivity contribution in [2.45, 2.75) is 56.7 Å². The molecular formula is C16H22F2N2. The van der Waals surface area contributed by atoms with E-state index < -0.39 is 6.43 Å². The number of likely N-dealkylation sites (tertiary alicyclic amines) is 1. The molecule has 0 radical (unpaired) electrons. The van der Waals surface area contributed by atoms with Crippen LogP contribution in [0.4, 0.5) is 8.78 Å². The van der Waals surface area contributed by atoms with Crippen molar-refractivity contribution in [2.24, 2.45) is 5.73 Å². The number of nitrogens with zero attached hydrogens (tertiary/aromatic N) is 1. The van der Waals surface area contributed by atoms with E-state index in [1.807, 2.05) is 12.1 Å². The van der Waals surface area contributed by atoms with Crippen LogP contribution in [-0.4, -0.2) is 23.5 Å². The highest BCUT2D eigenvalue weighted by molar-refractivity contribution is 5.27. The van der Waals surface area contributed by atoms with Gasteiger partial charge in [0.2, 0.25) is 0 Å². The van der Waals surface area contributed by atoms with Crippen molar-refractivity contribution in [3.63, 3.8) is 0 Å². The number of halogens is 2. The highest BCUT2D eigenvalue weighted by atomic mass is 19.3. The summed E-state index contributed by atoms with van der Waals surface area (Å²) in [6, 6.07) is 7.72. The minimum atomic E-state index is -2.40. The quantitative estimate of drug-likeness (QED) is 0.916. The van der Waals surface area contributed by atoms with Gasteiger partial charge in [-0.3, -0.25) is 4.90 Å². The van der Waals surface area contributed by atoms with E-state index in [1.165, 1.54) is 19.3 Å². The van der Waals surface area contributed by atoms with E-state index in [4.69, 9.17) is 5.73 Å². The van der Waals surface area contributed by atoms with Gasteiger partial charge in [0.1, 0.15) is 0 Å². The molecule has 0 aromatic heterocycles. The zero-order chi connectivity index (χ0) is 14.1. The first-order valence-corrected chi connectivity index (χ1v) is 7.56. The third-order valence-electron chi connectivity index (χ3n) is 4.51. The molecule has 2 fully saturated rings. The van der Waals surface area contributed by atoms with Crippen LogP contribution in [0.5, 0.6) is 0 Å². The zero-order valence-corrected chi connectivity index (χ0v) is 11.6. The molecule has 3 rings (SSSR count). The Morgan fingerprint density at radius 1 is 1.05 bits per heavy atom.